The molecule has 4 aromatic heterocycles. The minimum atomic E-state index is -0.191. The Morgan fingerprint density at radius 1 is 1.25 bits per heavy atom. The van der Waals surface area contributed by atoms with Crippen molar-refractivity contribution in [3.63, 3.8) is 0 Å². The van der Waals surface area contributed by atoms with Crippen LogP contribution in [-0.4, -0.2) is 50.7 Å². The summed E-state index contributed by atoms with van der Waals surface area (Å²) in [6, 6.07) is 8.12. The number of aromatic amines is 2. The van der Waals surface area contributed by atoms with E-state index in [0.29, 0.717) is 29.8 Å². The Kier molecular flexibility index (Phi) is 5.56. The predicted molar refractivity (Wildman–Crippen MR) is 139 cm³/mol. The van der Waals surface area contributed by atoms with Gasteiger partial charge in [-0.25, -0.2) is 9.97 Å². The van der Waals surface area contributed by atoms with E-state index < -0.39 is 0 Å². The number of rotatable bonds is 6. The normalized spacial score (nSPS) is 15.9. The summed E-state index contributed by atoms with van der Waals surface area (Å²) >= 11 is 0. The number of nitrogens with zero attached hydrogens (tertiary/aromatic N) is 3. The molecule has 184 valence electrons. The number of aryl methyl sites for hydroxylation is 1. The van der Waals surface area contributed by atoms with Gasteiger partial charge in [0.1, 0.15) is 5.76 Å². The summed E-state index contributed by atoms with van der Waals surface area (Å²) in [5.74, 6) is 1.50. The monoisotopic (exact) mass is 483 g/mol. The van der Waals surface area contributed by atoms with E-state index in [0.717, 1.165) is 58.3 Å². The van der Waals surface area contributed by atoms with E-state index >= 15 is 0 Å². The number of aromatic nitrogens is 5. The third kappa shape index (κ3) is 3.85. The standard InChI is InChI=1S/C27H29N7O2/c1-14(2)22-19-10-17(27-33-23(15(3)36-27)26(35)30-12-16-6-8-28-11-16)4-5-21(19)32-24(22)18-7-9-29-25-20(18)13-31-34-25/h4-5,7,9-10,13-14,16,28,32H,6,8,11-12H2,1-3H3,(H,30,35)(H,29,31,34). The second kappa shape index (κ2) is 8.91. The average molecular weight is 484 g/mol. The zero-order chi connectivity index (χ0) is 24.8. The van der Waals surface area contributed by atoms with Crippen LogP contribution in [-0.2, 0) is 0 Å². The summed E-state index contributed by atoms with van der Waals surface area (Å²) < 4.78 is 5.97. The lowest BCUT2D eigenvalue weighted by molar-refractivity contribution is 0.0942. The molecule has 1 amide bonds. The van der Waals surface area contributed by atoms with Gasteiger partial charge in [-0.2, -0.15) is 5.10 Å². The fourth-order valence-corrected chi connectivity index (χ4v) is 5.17. The number of benzene rings is 1. The van der Waals surface area contributed by atoms with E-state index in [2.05, 4.69) is 55.7 Å². The van der Waals surface area contributed by atoms with E-state index in [1.54, 1.807) is 13.1 Å². The van der Waals surface area contributed by atoms with Crippen molar-refractivity contribution in [2.75, 3.05) is 19.6 Å². The lowest BCUT2D eigenvalue weighted by atomic mass is 9.95. The molecule has 0 saturated carbocycles. The van der Waals surface area contributed by atoms with Crippen molar-refractivity contribution in [3.05, 3.63) is 53.7 Å². The Labute approximate surface area is 208 Å². The number of oxazole rings is 1. The largest absolute Gasteiger partial charge is 0.441 e. The molecule has 1 atom stereocenters. The number of H-pyrrole nitrogens is 2. The van der Waals surface area contributed by atoms with Crippen LogP contribution in [0.15, 0.2) is 41.1 Å². The molecule has 6 rings (SSSR count). The van der Waals surface area contributed by atoms with Gasteiger partial charge in [-0.3, -0.25) is 9.89 Å². The van der Waals surface area contributed by atoms with Gasteiger partial charge in [-0.15, -0.1) is 0 Å². The van der Waals surface area contributed by atoms with Gasteiger partial charge >= 0.3 is 0 Å². The minimum absolute atomic E-state index is 0.191. The first-order valence-electron chi connectivity index (χ1n) is 12.4. The van der Waals surface area contributed by atoms with Gasteiger partial charge in [0, 0.05) is 40.2 Å². The number of hydrogen-bond acceptors (Lipinski definition) is 6. The number of fused-ring (bicyclic) bond motifs is 2. The first-order chi connectivity index (χ1) is 17.5. The molecule has 36 heavy (non-hydrogen) atoms. The van der Waals surface area contributed by atoms with E-state index in [4.69, 9.17) is 4.42 Å². The zero-order valence-corrected chi connectivity index (χ0v) is 20.6. The van der Waals surface area contributed by atoms with Crippen LogP contribution >= 0.6 is 0 Å². The van der Waals surface area contributed by atoms with Crippen LogP contribution in [0.2, 0.25) is 0 Å². The van der Waals surface area contributed by atoms with Crippen LogP contribution in [0.1, 0.15) is 48.0 Å². The molecule has 9 nitrogen and oxygen atoms in total. The SMILES string of the molecule is Cc1oc(-c2ccc3[nH]c(-c4ccnc5[nH]ncc45)c(C(C)C)c3c2)nc1C(=O)NCC1CCNC1. The summed E-state index contributed by atoms with van der Waals surface area (Å²) in [4.78, 5) is 25.4. The molecule has 1 aliphatic heterocycles. The topological polar surface area (TPSA) is 125 Å². The fourth-order valence-electron chi connectivity index (χ4n) is 5.17. The van der Waals surface area contributed by atoms with Gasteiger partial charge in [0.25, 0.3) is 5.91 Å². The first kappa shape index (κ1) is 22.5. The molecule has 1 saturated heterocycles. The number of carbonyl (C=O) groups excluding carboxylic acids is 1. The highest BCUT2D eigenvalue weighted by atomic mass is 16.4. The molecule has 0 bridgehead atoms. The first-order valence-corrected chi connectivity index (χ1v) is 12.4. The highest BCUT2D eigenvalue weighted by Crippen LogP contribution is 2.39. The quantitative estimate of drug-likeness (QED) is 0.281. The van der Waals surface area contributed by atoms with Gasteiger partial charge < -0.3 is 20.0 Å². The van der Waals surface area contributed by atoms with Crippen molar-refractivity contribution in [1.29, 1.82) is 0 Å². The van der Waals surface area contributed by atoms with E-state index in [-0.39, 0.29) is 11.8 Å². The van der Waals surface area contributed by atoms with Crippen LogP contribution in [0.4, 0.5) is 0 Å². The van der Waals surface area contributed by atoms with Gasteiger partial charge in [0.2, 0.25) is 5.89 Å². The predicted octanol–water partition coefficient (Wildman–Crippen LogP) is 4.53. The van der Waals surface area contributed by atoms with E-state index in [1.807, 2.05) is 24.4 Å². The third-order valence-corrected chi connectivity index (χ3v) is 7.01. The second-order valence-electron chi connectivity index (χ2n) is 9.81. The molecule has 1 unspecified atom stereocenters. The lowest BCUT2D eigenvalue weighted by Crippen LogP contribution is -2.30. The molecule has 0 radical (unpaired) electrons. The molecule has 0 spiro atoms. The van der Waals surface area contributed by atoms with Crippen molar-refractivity contribution in [3.8, 4) is 22.7 Å². The zero-order valence-electron chi connectivity index (χ0n) is 20.6. The van der Waals surface area contributed by atoms with Crippen LogP contribution in [0.3, 0.4) is 0 Å². The second-order valence-corrected chi connectivity index (χ2v) is 9.81. The molecular weight excluding hydrogens is 454 g/mol. The Morgan fingerprint density at radius 3 is 2.94 bits per heavy atom. The summed E-state index contributed by atoms with van der Waals surface area (Å²) in [6.45, 7) is 8.74. The maximum Gasteiger partial charge on any atom is 0.273 e. The number of amides is 1. The Balaban J connectivity index is 1.37. The maximum absolute atomic E-state index is 12.8. The maximum atomic E-state index is 12.8. The van der Waals surface area contributed by atoms with Crippen molar-refractivity contribution < 1.29 is 9.21 Å². The smallest absolute Gasteiger partial charge is 0.273 e. The van der Waals surface area contributed by atoms with Crippen molar-refractivity contribution >= 4 is 27.8 Å². The molecule has 1 fully saturated rings. The summed E-state index contributed by atoms with van der Waals surface area (Å²) in [7, 11) is 0. The van der Waals surface area contributed by atoms with Gasteiger partial charge in [-0.05, 0) is 68.1 Å². The van der Waals surface area contributed by atoms with Gasteiger partial charge in [-0.1, -0.05) is 13.8 Å². The molecule has 1 aromatic carbocycles. The Hall–Kier alpha value is -3.98. The lowest BCUT2D eigenvalue weighted by Gasteiger charge is -2.09. The summed E-state index contributed by atoms with van der Waals surface area (Å²) in [6.07, 6.45) is 4.68. The number of carbonyl (C=O) groups is 1. The molecule has 5 heterocycles. The highest BCUT2D eigenvalue weighted by Gasteiger charge is 2.23. The molecule has 0 aliphatic carbocycles. The molecule has 9 heteroatoms. The molecule has 4 N–H and O–H groups in total. The molecule has 1 aliphatic rings. The third-order valence-electron chi connectivity index (χ3n) is 7.01. The fraction of sp³-hybridized carbons (Fsp3) is 0.333. The minimum Gasteiger partial charge on any atom is -0.441 e. The van der Waals surface area contributed by atoms with Crippen LogP contribution in [0, 0.1) is 12.8 Å². The van der Waals surface area contributed by atoms with Crippen LogP contribution < -0.4 is 10.6 Å². The average Bonchev–Trinajstić information content (AvgIpc) is 3.67. The number of pyridine rings is 1. The summed E-state index contributed by atoms with van der Waals surface area (Å²) in [5, 5.41) is 15.5. The van der Waals surface area contributed by atoms with Crippen molar-refractivity contribution in [2.24, 2.45) is 5.92 Å². The van der Waals surface area contributed by atoms with E-state index in [9.17, 15) is 4.79 Å². The van der Waals surface area contributed by atoms with Gasteiger partial charge in [0.15, 0.2) is 11.3 Å². The molecule has 5 aromatic rings. The molecular formula is C27H29N7O2. The summed E-state index contributed by atoms with van der Waals surface area (Å²) in [5.41, 5.74) is 6.26. The number of hydrogen-bond donors (Lipinski definition) is 4. The van der Waals surface area contributed by atoms with Crippen LogP contribution in [0.25, 0.3) is 44.6 Å². The Bertz CT molecular complexity index is 1570. The highest BCUT2D eigenvalue weighted by molar-refractivity contribution is 5.99. The van der Waals surface area contributed by atoms with Crippen molar-refractivity contribution in [1.82, 2.24) is 35.8 Å². The number of nitrogens with one attached hydrogen (secondary N) is 4. The Morgan fingerprint density at radius 2 is 2.14 bits per heavy atom. The van der Waals surface area contributed by atoms with E-state index in [1.165, 1.54) is 5.56 Å². The van der Waals surface area contributed by atoms with Crippen molar-refractivity contribution in [2.45, 2.75) is 33.1 Å². The van der Waals surface area contributed by atoms with Crippen LogP contribution in [0.5, 0.6) is 0 Å². The van der Waals surface area contributed by atoms with Gasteiger partial charge in [0.05, 0.1) is 11.9 Å².